The average Bonchev–Trinajstić information content (AvgIpc) is 3.04. The number of oxazole rings is 1. The van der Waals surface area contributed by atoms with Gasteiger partial charge in [0.15, 0.2) is 11.7 Å². The fraction of sp³-hybridized carbons (Fsp3) is 0.111. The van der Waals surface area contributed by atoms with Crippen LogP contribution < -0.4 is 5.32 Å². The molecular weight excluding hydrogens is 333 g/mol. The Bertz CT molecular complexity index is 909. The zero-order valence-corrected chi connectivity index (χ0v) is 12.9. The van der Waals surface area contributed by atoms with E-state index in [4.69, 9.17) is 4.42 Å². The number of carbonyl (C=O) groups excluding carboxylic acids is 1. The summed E-state index contributed by atoms with van der Waals surface area (Å²) in [5.41, 5.74) is 0.171. The Balaban J connectivity index is 1.62. The van der Waals surface area contributed by atoms with Gasteiger partial charge in [0.05, 0.1) is 17.4 Å². The molecule has 0 bridgehead atoms. The van der Waals surface area contributed by atoms with Crippen LogP contribution in [0.1, 0.15) is 12.3 Å². The van der Waals surface area contributed by atoms with Crippen molar-refractivity contribution in [3.05, 3.63) is 72.0 Å². The molecule has 0 fully saturated rings. The second-order valence-electron chi connectivity index (χ2n) is 5.27. The number of hydrogen-bond acceptors (Lipinski definition) is 3. The van der Waals surface area contributed by atoms with E-state index in [0.717, 1.165) is 12.1 Å². The summed E-state index contributed by atoms with van der Waals surface area (Å²) in [6, 6.07) is 8.94. The highest BCUT2D eigenvalue weighted by Gasteiger charge is 2.13. The lowest BCUT2D eigenvalue weighted by Gasteiger charge is -2.05. The number of benzene rings is 2. The summed E-state index contributed by atoms with van der Waals surface area (Å²) in [4.78, 5) is 15.8. The van der Waals surface area contributed by atoms with Gasteiger partial charge in [0, 0.05) is 18.9 Å². The molecular formula is C18H13F3N2O2. The molecule has 128 valence electrons. The van der Waals surface area contributed by atoms with Crippen molar-refractivity contribution in [2.45, 2.75) is 12.8 Å². The minimum Gasteiger partial charge on any atom is -0.441 e. The Hall–Kier alpha value is -3.09. The lowest BCUT2D eigenvalue weighted by Crippen LogP contribution is -2.13. The topological polar surface area (TPSA) is 55.1 Å². The summed E-state index contributed by atoms with van der Waals surface area (Å²) in [6.45, 7) is 0. The molecule has 1 heterocycles. The van der Waals surface area contributed by atoms with Gasteiger partial charge in [-0.2, -0.15) is 0 Å². The number of halogens is 3. The Morgan fingerprint density at radius 1 is 1.08 bits per heavy atom. The van der Waals surface area contributed by atoms with Crippen molar-refractivity contribution in [2.75, 3.05) is 5.32 Å². The van der Waals surface area contributed by atoms with Crippen molar-refractivity contribution in [1.29, 1.82) is 0 Å². The van der Waals surface area contributed by atoms with Gasteiger partial charge in [-0.3, -0.25) is 4.79 Å². The number of anilines is 1. The maximum Gasteiger partial charge on any atom is 0.224 e. The Morgan fingerprint density at radius 2 is 1.88 bits per heavy atom. The van der Waals surface area contributed by atoms with Crippen LogP contribution in [0.2, 0.25) is 0 Å². The fourth-order valence-electron chi connectivity index (χ4n) is 2.24. The summed E-state index contributed by atoms with van der Waals surface area (Å²) in [7, 11) is 0. The predicted octanol–water partition coefficient (Wildman–Crippen LogP) is 4.33. The fourth-order valence-corrected chi connectivity index (χ4v) is 2.24. The average molecular weight is 346 g/mol. The first kappa shape index (κ1) is 16.8. The first-order valence-corrected chi connectivity index (χ1v) is 7.47. The number of nitrogens with one attached hydrogen (secondary N) is 1. The molecule has 4 nitrogen and oxygen atoms in total. The van der Waals surface area contributed by atoms with Crippen molar-refractivity contribution in [3.63, 3.8) is 0 Å². The third-order valence-corrected chi connectivity index (χ3v) is 3.46. The third-order valence-electron chi connectivity index (χ3n) is 3.46. The number of rotatable bonds is 5. The molecule has 0 aliphatic rings. The van der Waals surface area contributed by atoms with Crippen LogP contribution in [0.15, 0.2) is 53.1 Å². The first-order valence-electron chi connectivity index (χ1n) is 7.47. The zero-order valence-electron chi connectivity index (χ0n) is 12.9. The largest absolute Gasteiger partial charge is 0.441 e. The highest BCUT2D eigenvalue weighted by molar-refractivity contribution is 5.90. The highest BCUT2D eigenvalue weighted by Crippen LogP contribution is 2.24. The van der Waals surface area contributed by atoms with Crippen LogP contribution in [0.4, 0.5) is 18.9 Å². The predicted molar refractivity (Wildman–Crippen MR) is 85.2 cm³/mol. The number of amides is 1. The molecule has 3 rings (SSSR count). The van der Waals surface area contributed by atoms with Crippen molar-refractivity contribution in [3.8, 4) is 11.3 Å². The first-order chi connectivity index (χ1) is 12.0. The maximum atomic E-state index is 13.7. The molecule has 0 aliphatic carbocycles. The van der Waals surface area contributed by atoms with Gasteiger partial charge in [-0.15, -0.1) is 0 Å². The number of carbonyl (C=O) groups is 1. The second kappa shape index (κ2) is 7.21. The van der Waals surface area contributed by atoms with E-state index >= 15 is 0 Å². The standard InChI is InChI=1S/C18H13F3N2O2/c19-11-5-6-12(14(21)9-11)16-10-22-18(25-16)8-7-17(24)23-15-4-2-1-3-13(15)20/h1-6,9-10H,7-8H2,(H,23,24). The number of para-hydroxylation sites is 1. The van der Waals surface area contributed by atoms with Gasteiger partial charge in [-0.05, 0) is 24.3 Å². The third kappa shape index (κ3) is 4.06. The van der Waals surface area contributed by atoms with E-state index in [2.05, 4.69) is 10.3 Å². The highest BCUT2D eigenvalue weighted by atomic mass is 19.1. The van der Waals surface area contributed by atoms with Gasteiger partial charge in [0.2, 0.25) is 5.91 Å². The molecule has 0 atom stereocenters. The lowest BCUT2D eigenvalue weighted by atomic mass is 10.2. The summed E-state index contributed by atoms with van der Waals surface area (Å²) in [5, 5.41) is 2.45. The van der Waals surface area contributed by atoms with Gasteiger partial charge >= 0.3 is 0 Å². The Labute approximate surface area is 141 Å². The molecule has 2 aromatic carbocycles. The van der Waals surface area contributed by atoms with Crippen LogP contribution >= 0.6 is 0 Å². The van der Waals surface area contributed by atoms with Gasteiger partial charge in [-0.1, -0.05) is 12.1 Å². The molecule has 1 amide bonds. The van der Waals surface area contributed by atoms with E-state index in [-0.39, 0.29) is 35.7 Å². The van der Waals surface area contributed by atoms with Gasteiger partial charge in [-0.25, -0.2) is 18.2 Å². The van der Waals surface area contributed by atoms with Crippen molar-refractivity contribution >= 4 is 11.6 Å². The monoisotopic (exact) mass is 346 g/mol. The number of aromatic nitrogens is 1. The summed E-state index contributed by atoms with van der Waals surface area (Å²) in [5.74, 6) is -2.02. The van der Waals surface area contributed by atoms with Gasteiger partial charge in [0.25, 0.3) is 0 Å². The van der Waals surface area contributed by atoms with E-state index in [1.165, 1.54) is 30.5 Å². The second-order valence-corrected chi connectivity index (χ2v) is 5.27. The molecule has 0 unspecified atom stereocenters. The molecule has 3 aromatic rings. The van der Waals surface area contributed by atoms with E-state index in [1.807, 2.05) is 0 Å². The quantitative estimate of drug-likeness (QED) is 0.748. The zero-order chi connectivity index (χ0) is 17.8. The Kier molecular flexibility index (Phi) is 4.83. The molecule has 7 heteroatoms. The summed E-state index contributed by atoms with van der Waals surface area (Å²) < 4.78 is 45.5. The van der Waals surface area contributed by atoms with Gasteiger partial charge in [0.1, 0.15) is 17.5 Å². The number of nitrogens with zero attached hydrogens (tertiary/aromatic N) is 1. The van der Waals surface area contributed by atoms with Crippen LogP contribution in [-0.2, 0) is 11.2 Å². The normalized spacial score (nSPS) is 10.7. The SMILES string of the molecule is O=C(CCc1ncc(-c2ccc(F)cc2F)o1)Nc1ccccc1F. The number of hydrogen-bond donors (Lipinski definition) is 1. The summed E-state index contributed by atoms with van der Waals surface area (Å²) >= 11 is 0. The van der Waals surface area contributed by atoms with E-state index < -0.39 is 23.4 Å². The molecule has 1 aromatic heterocycles. The van der Waals surface area contributed by atoms with Gasteiger partial charge < -0.3 is 9.73 Å². The number of aryl methyl sites for hydroxylation is 1. The van der Waals surface area contributed by atoms with E-state index in [9.17, 15) is 18.0 Å². The van der Waals surface area contributed by atoms with Crippen molar-refractivity contribution < 1.29 is 22.4 Å². The van der Waals surface area contributed by atoms with Crippen LogP contribution in [0.3, 0.4) is 0 Å². The molecule has 0 radical (unpaired) electrons. The van der Waals surface area contributed by atoms with Crippen LogP contribution in [-0.4, -0.2) is 10.9 Å². The molecule has 0 saturated carbocycles. The smallest absolute Gasteiger partial charge is 0.224 e. The minimum absolute atomic E-state index is 0.0141. The molecule has 0 saturated heterocycles. The lowest BCUT2D eigenvalue weighted by molar-refractivity contribution is -0.116. The molecule has 0 spiro atoms. The minimum atomic E-state index is -0.764. The van der Waals surface area contributed by atoms with Crippen LogP contribution in [0, 0.1) is 17.5 Å². The van der Waals surface area contributed by atoms with Crippen LogP contribution in [0.5, 0.6) is 0 Å². The molecule has 25 heavy (non-hydrogen) atoms. The maximum absolute atomic E-state index is 13.7. The summed E-state index contributed by atoms with van der Waals surface area (Å²) in [6.07, 6.45) is 1.48. The van der Waals surface area contributed by atoms with E-state index in [1.54, 1.807) is 6.07 Å². The van der Waals surface area contributed by atoms with Crippen molar-refractivity contribution in [2.24, 2.45) is 0 Å². The molecule has 1 N–H and O–H groups in total. The van der Waals surface area contributed by atoms with E-state index in [0.29, 0.717) is 0 Å². The Morgan fingerprint density at radius 3 is 2.64 bits per heavy atom. The van der Waals surface area contributed by atoms with Crippen molar-refractivity contribution in [1.82, 2.24) is 4.98 Å². The van der Waals surface area contributed by atoms with Crippen LogP contribution in [0.25, 0.3) is 11.3 Å². The molecule has 0 aliphatic heterocycles.